The highest BCUT2D eigenvalue weighted by atomic mass is 32.2. The van der Waals surface area contributed by atoms with Crippen LogP contribution in [0.3, 0.4) is 0 Å². The first-order chi connectivity index (χ1) is 15.6. The van der Waals surface area contributed by atoms with E-state index in [2.05, 4.69) is 75.4 Å². The van der Waals surface area contributed by atoms with Crippen LogP contribution in [-0.2, 0) is 18.4 Å². The highest BCUT2D eigenvalue weighted by molar-refractivity contribution is 8.00. The second-order valence-electron chi connectivity index (χ2n) is 13.1. The van der Waals surface area contributed by atoms with Gasteiger partial charge in [0.2, 0.25) is 8.32 Å². The van der Waals surface area contributed by atoms with Crippen LogP contribution < -0.4 is 0 Å². The van der Waals surface area contributed by atoms with Crippen LogP contribution in [0.2, 0.25) is 34.8 Å². The SMILES string of the molecule is CC(C)[Si](O[C@H]1C(=O)C[C@@H](SC2CCCCC2)O[C@@H]1CO[Si](C)(C)C(C)(C)C)(C(C)C)C(C)C. The van der Waals surface area contributed by atoms with E-state index in [0.717, 1.165) is 0 Å². The molecule has 1 saturated carbocycles. The summed E-state index contributed by atoms with van der Waals surface area (Å²) in [5, 5.41) is 0.728. The molecule has 7 heteroatoms. The first-order valence-electron chi connectivity index (χ1n) is 13.8. The molecular formula is C27H54O4SSi2. The molecule has 1 saturated heterocycles. The highest BCUT2D eigenvalue weighted by Gasteiger charge is 2.51. The molecule has 0 radical (unpaired) electrons. The van der Waals surface area contributed by atoms with Gasteiger partial charge in [0.25, 0.3) is 0 Å². The Morgan fingerprint density at radius 3 is 1.97 bits per heavy atom. The second-order valence-corrected chi connectivity index (χ2v) is 24.8. The van der Waals surface area contributed by atoms with Gasteiger partial charge in [-0.05, 0) is 47.6 Å². The molecule has 1 aliphatic carbocycles. The van der Waals surface area contributed by atoms with Crippen molar-refractivity contribution >= 4 is 34.2 Å². The van der Waals surface area contributed by atoms with Crippen molar-refractivity contribution in [1.29, 1.82) is 0 Å². The third-order valence-electron chi connectivity index (χ3n) is 8.70. The van der Waals surface area contributed by atoms with Gasteiger partial charge >= 0.3 is 0 Å². The van der Waals surface area contributed by atoms with E-state index in [4.69, 9.17) is 13.6 Å². The molecule has 0 N–H and O–H groups in total. The highest BCUT2D eigenvalue weighted by Crippen LogP contribution is 2.45. The fraction of sp³-hybridized carbons (Fsp3) is 0.963. The lowest BCUT2D eigenvalue weighted by molar-refractivity contribution is -0.151. The number of hydrogen-bond donors (Lipinski definition) is 0. The predicted octanol–water partition coefficient (Wildman–Crippen LogP) is 8.32. The van der Waals surface area contributed by atoms with Crippen molar-refractivity contribution in [2.45, 2.75) is 158 Å². The van der Waals surface area contributed by atoms with Crippen molar-refractivity contribution in [3.05, 3.63) is 0 Å². The predicted molar refractivity (Wildman–Crippen MR) is 152 cm³/mol. The van der Waals surface area contributed by atoms with Crippen LogP contribution in [0.4, 0.5) is 0 Å². The van der Waals surface area contributed by atoms with Gasteiger partial charge in [0.05, 0.1) is 6.61 Å². The minimum atomic E-state index is -2.23. The Kier molecular flexibility index (Phi) is 11.0. The molecular weight excluding hydrogens is 477 g/mol. The van der Waals surface area contributed by atoms with Crippen molar-refractivity contribution in [3.63, 3.8) is 0 Å². The minimum Gasteiger partial charge on any atom is -0.414 e. The first-order valence-corrected chi connectivity index (χ1v) is 19.8. The molecule has 1 aliphatic heterocycles. The van der Waals surface area contributed by atoms with Crippen LogP contribution in [0.1, 0.15) is 101 Å². The second kappa shape index (κ2) is 12.3. The number of ketones is 1. The quantitative estimate of drug-likeness (QED) is 0.266. The van der Waals surface area contributed by atoms with E-state index in [0.29, 0.717) is 34.9 Å². The Bertz CT molecular complexity index is 632. The van der Waals surface area contributed by atoms with Gasteiger partial charge in [-0.1, -0.05) is 81.6 Å². The van der Waals surface area contributed by atoms with Gasteiger partial charge in [-0.3, -0.25) is 4.79 Å². The molecule has 200 valence electrons. The molecule has 0 aromatic rings. The number of hydrogen-bond acceptors (Lipinski definition) is 5. The molecule has 2 aliphatic rings. The summed E-state index contributed by atoms with van der Waals surface area (Å²) in [6, 6.07) is 0. The van der Waals surface area contributed by atoms with E-state index < -0.39 is 22.7 Å². The summed E-state index contributed by atoms with van der Waals surface area (Å²) in [7, 11) is -4.20. The molecule has 2 rings (SSSR count). The molecule has 0 amide bonds. The number of Topliss-reactive ketones (excluding diaryl/α,β-unsaturated/α-hetero) is 1. The normalized spacial score (nSPS) is 26.2. The van der Waals surface area contributed by atoms with E-state index in [-0.39, 0.29) is 22.4 Å². The van der Waals surface area contributed by atoms with Crippen molar-refractivity contribution < 1.29 is 18.4 Å². The molecule has 4 nitrogen and oxygen atoms in total. The lowest BCUT2D eigenvalue weighted by Crippen LogP contribution is -2.58. The van der Waals surface area contributed by atoms with E-state index in [9.17, 15) is 4.79 Å². The van der Waals surface area contributed by atoms with Gasteiger partial charge in [0, 0.05) is 11.7 Å². The molecule has 1 heterocycles. The standard InChI is InChI=1S/C27H54O4SSi2/c1-19(2)34(20(3)4,21(5)6)31-26-23(28)17-25(32-22-15-13-12-14-16-22)30-24(26)18-29-33(10,11)27(7,8)9/h19-22,24-26H,12-18H2,1-11H3/t24-,25-,26+/m1/s1. The summed E-state index contributed by atoms with van der Waals surface area (Å²) < 4.78 is 20.4. The van der Waals surface area contributed by atoms with Crippen LogP contribution in [0.15, 0.2) is 0 Å². The van der Waals surface area contributed by atoms with Crippen molar-refractivity contribution in [2.24, 2.45) is 0 Å². The van der Waals surface area contributed by atoms with Crippen molar-refractivity contribution in [1.82, 2.24) is 0 Å². The van der Waals surface area contributed by atoms with E-state index in [1.54, 1.807) is 0 Å². The Hall–Kier alpha value is 0.334. The largest absolute Gasteiger partial charge is 0.414 e. The number of carbonyl (C=O) groups is 1. The first kappa shape index (κ1) is 30.6. The number of thioether (sulfide) groups is 1. The molecule has 2 fully saturated rings. The Morgan fingerprint density at radius 2 is 1.50 bits per heavy atom. The van der Waals surface area contributed by atoms with Crippen molar-refractivity contribution in [2.75, 3.05) is 6.61 Å². The Balaban J connectivity index is 2.29. The summed E-state index contributed by atoms with van der Waals surface area (Å²) in [5.74, 6) is 0.224. The lowest BCUT2D eigenvalue weighted by Gasteiger charge is -2.48. The monoisotopic (exact) mass is 530 g/mol. The third kappa shape index (κ3) is 7.21. The third-order valence-corrected chi connectivity index (χ3v) is 20.7. The smallest absolute Gasteiger partial charge is 0.201 e. The summed E-state index contributed by atoms with van der Waals surface area (Å²) in [4.78, 5) is 13.7. The van der Waals surface area contributed by atoms with Crippen LogP contribution in [-0.4, -0.2) is 51.9 Å². The maximum absolute atomic E-state index is 13.7. The number of ether oxygens (including phenoxy) is 1. The van der Waals surface area contributed by atoms with Crippen LogP contribution >= 0.6 is 11.8 Å². The lowest BCUT2D eigenvalue weighted by atomic mass is 10.0. The van der Waals surface area contributed by atoms with Gasteiger partial charge in [-0.2, -0.15) is 0 Å². The summed E-state index contributed by atoms with van der Waals surface area (Å²) in [6.07, 6.45) is 6.06. The zero-order chi connectivity index (χ0) is 25.9. The van der Waals surface area contributed by atoms with Crippen molar-refractivity contribution in [3.8, 4) is 0 Å². The molecule has 0 unspecified atom stereocenters. The van der Waals surface area contributed by atoms with Crippen LogP contribution in [0.5, 0.6) is 0 Å². The maximum Gasteiger partial charge on any atom is 0.201 e. The van der Waals surface area contributed by atoms with Crippen LogP contribution in [0, 0.1) is 0 Å². The summed E-state index contributed by atoms with van der Waals surface area (Å²) in [5.41, 5.74) is 1.21. The fourth-order valence-corrected chi connectivity index (χ4v) is 13.8. The fourth-order valence-electron chi connectivity index (χ4n) is 5.70. The molecule has 0 aromatic carbocycles. The maximum atomic E-state index is 13.7. The zero-order valence-corrected chi connectivity index (χ0v) is 26.8. The molecule has 0 spiro atoms. The van der Waals surface area contributed by atoms with E-state index in [1.165, 1.54) is 32.1 Å². The van der Waals surface area contributed by atoms with Gasteiger partial charge in [0.1, 0.15) is 17.6 Å². The topological polar surface area (TPSA) is 44.8 Å². The molecule has 34 heavy (non-hydrogen) atoms. The Labute approximate surface area is 217 Å². The van der Waals surface area contributed by atoms with Gasteiger partial charge in [-0.25, -0.2) is 0 Å². The van der Waals surface area contributed by atoms with E-state index >= 15 is 0 Å². The zero-order valence-electron chi connectivity index (χ0n) is 24.0. The van der Waals surface area contributed by atoms with Gasteiger partial charge in [-0.15, -0.1) is 11.8 Å². The van der Waals surface area contributed by atoms with Gasteiger partial charge < -0.3 is 13.6 Å². The molecule has 3 atom stereocenters. The Morgan fingerprint density at radius 1 is 0.971 bits per heavy atom. The minimum absolute atomic E-state index is 0.0725. The van der Waals surface area contributed by atoms with Crippen LogP contribution in [0.25, 0.3) is 0 Å². The summed E-state index contributed by atoms with van der Waals surface area (Å²) >= 11 is 1.90. The number of carbonyl (C=O) groups excluding carboxylic acids is 1. The average molecular weight is 531 g/mol. The molecule has 0 bridgehead atoms. The average Bonchev–Trinajstić information content (AvgIpc) is 2.70. The van der Waals surface area contributed by atoms with E-state index in [1.807, 2.05) is 11.8 Å². The number of rotatable bonds is 10. The van der Waals surface area contributed by atoms with Gasteiger partial charge in [0.15, 0.2) is 14.1 Å². The molecule has 0 aromatic heterocycles. The summed E-state index contributed by atoms with van der Waals surface area (Å²) in [6.45, 7) is 25.5.